The maximum absolute atomic E-state index is 8.76. The van der Waals surface area contributed by atoms with Crippen LogP contribution in [0.3, 0.4) is 0 Å². The highest BCUT2D eigenvalue weighted by Crippen LogP contribution is 2.30. The zero-order valence-corrected chi connectivity index (χ0v) is 9.77. The molecule has 0 saturated carbocycles. The van der Waals surface area contributed by atoms with Gasteiger partial charge in [0.25, 0.3) is 0 Å². The summed E-state index contributed by atoms with van der Waals surface area (Å²) in [5.74, 6) is 1.47. The smallest absolute Gasteiger partial charge is 0.127 e. The largest absolute Gasteiger partial charge is 0.497 e. The van der Waals surface area contributed by atoms with Crippen molar-refractivity contribution in [2.24, 2.45) is 5.73 Å². The summed E-state index contributed by atoms with van der Waals surface area (Å²) < 4.78 is 10.4. The Morgan fingerprint density at radius 1 is 1.31 bits per heavy atom. The highest BCUT2D eigenvalue weighted by atomic mass is 16.5. The third-order valence-corrected chi connectivity index (χ3v) is 2.51. The number of nitrogens with two attached hydrogens (primary N) is 1. The lowest BCUT2D eigenvalue weighted by Crippen LogP contribution is -2.12. The van der Waals surface area contributed by atoms with Gasteiger partial charge in [-0.3, -0.25) is 0 Å². The fraction of sp³-hybridized carbons (Fsp3) is 0.500. The first-order chi connectivity index (χ1) is 7.72. The molecule has 0 aliphatic heterocycles. The van der Waals surface area contributed by atoms with Crippen molar-refractivity contribution in [3.63, 3.8) is 0 Å². The van der Waals surface area contributed by atoms with Crippen molar-refractivity contribution < 1.29 is 14.6 Å². The summed E-state index contributed by atoms with van der Waals surface area (Å²) in [5, 5.41) is 8.76. The number of aliphatic hydroxyl groups excluding tert-OH is 1. The summed E-state index contributed by atoms with van der Waals surface area (Å²) in [5.41, 5.74) is 6.96. The van der Waals surface area contributed by atoms with Crippen LogP contribution in [0.25, 0.3) is 0 Å². The molecular weight excluding hydrogens is 206 g/mol. The molecule has 0 heterocycles. The van der Waals surface area contributed by atoms with Crippen LogP contribution in [-0.4, -0.2) is 25.9 Å². The molecule has 0 unspecified atom stereocenters. The molecule has 0 aliphatic rings. The van der Waals surface area contributed by atoms with Crippen molar-refractivity contribution in [2.75, 3.05) is 20.8 Å². The van der Waals surface area contributed by atoms with Crippen LogP contribution in [0.15, 0.2) is 18.2 Å². The second kappa shape index (κ2) is 6.35. The number of hydrogen-bond acceptors (Lipinski definition) is 4. The van der Waals surface area contributed by atoms with E-state index in [9.17, 15) is 0 Å². The molecule has 1 atom stereocenters. The molecule has 4 heteroatoms. The van der Waals surface area contributed by atoms with E-state index < -0.39 is 0 Å². The van der Waals surface area contributed by atoms with E-state index in [0.29, 0.717) is 6.42 Å². The molecule has 0 bridgehead atoms. The van der Waals surface area contributed by atoms with Crippen LogP contribution in [0.5, 0.6) is 11.5 Å². The van der Waals surface area contributed by atoms with Crippen LogP contribution in [0.4, 0.5) is 0 Å². The topological polar surface area (TPSA) is 64.7 Å². The molecule has 0 spiro atoms. The van der Waals surface area contributed by atoms with Gasteiger partial charge in [0, 0.05) is 24.3 Å². The summed E-state index contributed by atoms with van der Waals surface area (Å²) in [6, 6.07) is 5.46. The fourth-order valence-electron chi connectivity index (χ4n) is 1.59. The van der Waals surface area contributed by atoms with Crippen LogP contribution >= 0.6 is 0 Å². The first-order valence-electron chi connectivity index (χ1n) is 5.31. The van der Waals surface area contributed by atoms with Gasteiger partial charge in [0.15, 0.2) is 0 Å². The Balaban J connectivity index is 2.85. The molecule has 4 nitrogen and oxygen atoms in total. The van der Waals surface area contributed by atoms with Gasteiger partial charge in [-0.05, 0) is 18.9 Å². The van der Waals surface area contributed by atoms with E-state index in [1.807, 2.05) is 18.2 Å². The number of hydrogen-bond donors (Lipinski definition) is 2. The van der Waals surface area contributed by atoms with Crippen molar-refractivity contribution in [1.82, 2.24) is 0 Å². The van der Waals surface area contributed by atoms with Crippen LogP contribution in [-0.2, 0) is 0 Å². The molecule has 0 saturated heterocycles. The molecular formula is C12H19NO3. The Morgan fingerprint density at radius 3 is 2.62 bits per heavy atom. The quantitative estimate of drug-likeness (QED) is 0.769. The summed E-state index contributed by atoms with van der Waals surface area (Å²) in [4.78, 5) is 0. The second-order valence-electron chi connectivity index (χ2n) is 3.58. The van der Waals surface area contributed by atoms with E-state index in [4.69, 9.17) is 20.3 Å². The molecule has 1 aromatic carbocycles. The predicted octanol–water partition coefficient (Wildman–Crippen LogP) is 1.48. The summed E-state index contributed by atoms with van der Waals surface area (Å²) in [6.45, 7) is 0.159. The number of benzene rings is 1. The van der Waals surface area contributed by atoms with Crippen LogP contribution < -0.4 is 15.2 Å². The van der Waals surface area contributed by atoms with E-state index in [1.165, 1.54) is 0 Å². The molecule has 90 valence electrons. The molecule has 16 heavy (non-hydrogen) atoms. The highest BCUT2D eigenvalue weighted by molar-refractivity contribution is 5.42. The lowest BCUT2D eigenvalue weighted by Gasteiger charge is -2.16. The van der Waals surface area contributed by atoms with E-state index >= 15 is 0 Å². The normalized spacial score (nSPS) is 12.2. The molecule has 1 aromatic rings. The lowest BCUT2D eigenvalue weighted by atomic mass is 10.0. The third-order valence-electron chi connectivity index (χ3n) is 2.51. The van der Waals surface area contributed by atoms with Crippen molar-refractivity contribution in [3.8, 4) is 11.5 Å². The Bertz CT molecular complexity index is 328. The van der Waals surface area contributed by atoms with Gasteiger partial charge in [0.05, 0.1) is 14.2 Å². The van der Waals surface area contributed by atoms with Crippen LogP contribution in [0, 0.1) is 0 Å². The zero-order chi connectivity index (χ0) is 12.0. The van der Waals surface area contributed by atoms with Crippen molar-refractivity contribution in [3.05, 3.63) is 23.8 Å². The number of rotatable bonds is 6. The molecule has 0 amide bonds. The first kappa shape index (κ1) is 12.8. The van der Waals surface area contributed by atoms with Gasteiger partial charge in [0.2, 0.25) is 0 Å². The molecule has 0 fully saturated rings. The maximum atomic E-state index is 8.76. The zero-order valence-electron chi connectivity index (χ0n) is 9.77. The highest BCUT2D eigenvalue weighted by Gasteiger charge is 2.12. The standard InChI is InChI=1S/C12H19NO3/c1-15-9-5-6-10(12(8-9)16-2)11(13)4-3-7-14/h5-6,8,11,14H,3-4,7,13H2,1-2H3/t11-/m0/s1. The van der Waals surface area contributed by atoms with E-state index in [1.54, 1.807) is 14.2 Å². The monoisotopic (exact) mass is 225 g/mol. The Kier molecular flexibility index (Phi) is 5.08. The predicted molar refractivity (Wildman–Crippen MR) is 62.8 cm³/mol. The van der Waals surface area contributed by atoms with Crippen LogP contribution in [0.2, 0.25) is 0 Å². The van der Waals surface area contributed by atoms with Gasteiger partial charge in [-0.1, -0.05) is 6.07 Å². The van der Waals surface area contributed by atoms with Gasteiger partial charge < -0.3 is 20.3 Å². The molecule has 0 aliphatic carbocycles. The molecule has 0 radical (unpaired) electrons. The Labute approximate surface area is 96.0 Å². The third kappa shape index (κ3) is 3.12. The van der Waals surface area contributed by atoms with Gasteiger partial charge in [-0.15, -0.1) is 0 Å². The number of methoxy groups -OCH3 is 2. The van der Waals surface area contributed by atoms with Gasteiger partial charge in [0.1, 0.15) is 11.5 Å². The molecule has 1 rings (SSSR count). The van der Waals surface area contributed by atoms with Gasteiger partial charge >= 0.3 is 0 Å². The lowest BCUT2D eigenvalue weighted by molar-refractivity contribution is 0.279. The number of aliphatic hydroxyl groups is 1. The van der Waals surface area contributed by atoms with E-state index in [2.05, 4.69) is 0 Å². The van der Waals surface area contributed by atoms with Crippen molar-refractivity contribution in [1.29, 1.82) is 0 Å². The minimum atomic E-state index is -0.118. The number of ether oxygens (including phenoxy) is 2. The van der Waals surface area contributed by atoms with Crippen molar-refractivity contribution in [2.45, 2.75) is 18.9 Å². The van der Waals surface area contributed by atoms with Gasteiger partial charge in [-0.2, -0.15) is 0 Å². The average Bonchev–Trinajstić information content (AvgIpc) is 2.34. The van der Waals surface area contributed by atoms with E-state index in [-0.39, 0.29) is 12.6 Å². The average molecular weight is 225 g/mol. The molecule has 0 aromatic heterocycles. The first-order valence-corrected chi connectivity index (χ1v) is 5.31. The molecule has 3 N–H and O–H groups in total. The Hall–Kier alpha value is -1.26. The van der Waals surface area contributed by atoms with E-state index in [0.717, 1.165) is 23.5 Å². The Morgan fingerprint density at radius 2 is 2.06 bits per heavy atom. The summed E-state index contributed by atoms with van der Waals surface area (Å²) in [6.07, 6.45) is 1.43. The minimum absolute atomic E-state index is 0.118. The fourth-order valence-corrected chi connectivity index (χ4v) is 1.59. The second-order valence-corrected chi connectivity index (χ2v) is 3.58. The SMILES string of the molecule is COc1ccc([C@@H](N)CCCO)c(OC)c1. The van der Waals surface area contributed by atoms with Crippen LogP contribution in [0.1, 0.15) is 24.4 Å². The van der Waals surface area contributed by atoms with Gasteiger partial charge in [-0.25, -0.2) is 0 Å². The summed E-state index contributed by atoms with van der Waals surface area (Å²) in [7, 11) is 3.22. The minimum Gasteiger partial charge on any atom is -0.497 e. The summed E-state index contributed by atoms with van der Waals surface area (Å²) >= 11 is 0. The maximum Gasteiger partial charge on any atom is 0.127 e. The van der Waals surface area contributed by atoms with Crippen molar-refractivity contribution >= 4 is 0 Å².